The molecule has 0 aliphatic rings. The van der Waals surface area contributed by atoms with E-state index in [1.807, 2.05) is 34.7 Å². The van der Waals surface area contributed by atoms with Gasteiger partial charge in [0, 0.05) is 27.2 Å². The number of hydrogen-bond donors (Lipinski definition) is 1. The number of benzene rings is 2. The van der Waals surface area contributed by atoms with Crippen LogP contribution in [0.3, 0.4) is 0 Å². The Labute approximate surface area is 186 Å². The summed E-state index contributed by atoms with van der Waals surface area (Å²) in [6, 6.07) is 17.7. The number of Topliss-reactive ketones (excluding diaryl/α,β-unsaturated/α-hetero) is 3. The van der Waals surface area contributed by atoms with Crippen LogP contribution in [0, 0.1) is 5.92 Å². The Morgan fingerprint density at radius 3 is 1.85 bits per heavy atom. The molecule has 0 aromatic heterocycles. The maximum atomic E-state index is 13.0. The molecule has 3 nitrogen and oxygen atoms in total. The first-order valence-electron chi connectivity index (χ1n) is 8.06. The van der Waals surface area contributed by atoms with Gasteiger partial charge in [-0.1, -0.05) is 106 Å². The number of thiol groups is 1. The van der Waals surface area contributed by atoms with Crippen LogP contribution in [0.5, 0.6) is 0 Å². The van der Waals surface area contributed by atoms with Gasteiger partial charge < -0.3 is 0 Å². The lowest BCUT2D eigenvalue weighted by atomic mass is 9.88. The molecule has 26 heavy (non-hydrogen) atoms. The van der Waals surface area contributed by atoms with E-state index >= 15 is 0 Å². The fourth-order valence-electron chi connectivity index (χ4n) is 2.56. The standard InChI is InChI=1S/C20H18I2O3S/c21-15(11-17(23)13-7-3-1-4-8-13)20(25)18(16(22)12-26)19(24)14-9-5-2-6-10-14/h1-10,15-16,18,26H,11-12H2. The van der Waals surface area contributed by atoms with Crippen molar-refractivity contribution >= 4 is 75.2 Å². The third-order valence-corrected chi connectivity index (χ3v) is 7.26. The fourth-order valence-corrected chi connectivity index (χ4v) is 4.24. The van der Waals surface area contributed by atoms with E-state index in [1.165, 1.54) is 0 Å². The summed E-state index contributed by atoms with van der Waals surface area (Å²) >= 11 is 8.34. The SMILES string of the molecule is O=C(CC(I)C(=O)C(C(=O)c1ccccc1)C(I)CS)c1ccccc1. The molecular formula is C20H18I2O3S. The molecule has 2 aromatic carbocycles. The molecule has 2 aromatic rings. The van der Waals surface area contributed by atoms with Gasteiger partial charge in [-0.25, -0.2) is 0 Å². The van der Waals surface area contributed by atoms with E-state index in [1.54, 1.807) is 48.5 Å². The van der Waals surface area contributed by atoms with E-state index in [-0.39, 0.29) is 27.7 Å². The van der Waals surface area contributed by atoms with Crippen LogP contribution in [0.4, 0.5) is 0 Å². The number of carbonyl (C=O) groups excluding carboxylic acids is 3. The van der Waals surface area contributed by atoms with Crippen LogP contribution in [-0.2, 0) is 4.79 Å². The third kappa shape index (κ3) is 5.63. The Kier molecular flexibility index (Phi) is 8.75. The minimum Gasteiger partial charge on any atom is -0.298 e. The zero-order valence-corrected chi connectivity index (χ0v) is 19.1. The minimum absolute atomic E-state index is 0.0813. The summed E-state index contributed by atoms with van der Waals surface area (Å²) in [5, 5.41) is 0. The Bertz CT molecular complexity index is 765. The molecule has 0 fully saturated rings. The van der Waals surface area contributed by atoms with Crippen LogP contribution >= 0.6 is 57.8 Å². The summed E-state index contributed by atoms with van der Waals surface area (Å²) in [6.45, 7) is 0. The largest absolute Gasteiger partial charge is 0.298 e. The van der Waals surface area contributed by atoms with Gasteiger partial charge in [-0.15, -0.1) is 0 Å². The first kappa shape index (κ1) is 21.6. The van der Waals surface area contributed by atoms with Crippen LogP contribution in [0.15, 0.2) is 60.7 Å². The summed E-state index contributed by atoms with van der Waals surface area (Å²) in [4.78, 5) is 38.3. The predicted molar refractivity (Wildman–Crippen MR) is 124 cm³/mol. The van der Waals surface area contributed by atoms with Crippen LogP contribution in [0.1, 0.15) is 27.1 Å². The van der Waals surface area contributed by atoms with E-state index in [0.717, 1.165) is 0 Å². The molecule has 3 atom stereocenters. The lowest BCUT2D eigenvalue weighted by Crippen LogP contribution is -2.38. The maximum absolute atomic E-state index is 13.0. The Hall–Kier alpha value is -0.740. The molecule has 0 amide bonds. The predicted octanol–water partition coefficient (Wildman–Crippen LogP) is 4.86. The molecule has 0 saturated carbocycles. The summed E-state index contributed by atoms with van der Waals surface area (Å²) < 4.78 is -0.796. The number of hydrogen-bond acceptors (Lipinski definition) is 4. The number of rotatable bonds is 9. The van der Waals surface area contributed by atoms with Gasteiger partial charge in [0.1, 0.15) is 0 Å². The normalized spacial score (nSPS) is 14.3. The highest BCUT2D eigenvalue weighted by molar-refractivity contribution is 14.1. The van der Waals surface area contributed by atoms with E-state index in [9.17, 15) is 14.4 Å². The summed E-state index contributed by atoms with van der Waals surface area (Å²) in [7, 11) is 0. The van der Waals surface area contributed by atoms with Gasteiger partial charge in [-0.3, -0.25) is 14.4 Å². The second-order valence-electron chi connectivity index (χ2n) is 5.77. The zero-order valence-electron chi connectivity index (χ0n) is 13.8. The van der Waals surface area contributed by atoms with Gasteiger partial charge >= 0.3 is 0 Å². The molecule has 0 N–H and O–H groups in total. The van der Waals surface area contributed by atoms with Crippen molar-refractivity contribution in [3.8, 4) is 0 Å². The quantitative estimate of drug-likeness (QED) is 0.149. The van der Waals surface area contributed by atoms with Crippen molar-refractivity contribution in [2.75, 3.05) is 5.75 Å². The van der Waals surface area contributed by atoms with Crippen LogP contribution in [0.2, 0.25) is 0 Å². The number of ketones is 3. The minimum atomic E-state index is -0.805. The molecule has 2 rings (SSSR count). The molecular weight excluding hydrogens is 574 g/mol. The molecule has 3 unspecified atom stereocenters. The topological polar surface area (TPSA) is 51.2 Å². The first-order valence-corrected chi connectivity index (χ1v) is 11.2. The average molecular weight is 592 g/mol. The van der Waals surface area contributed by atoms with Gasteiger partial charge in [-0.05, 0) is 0 Å². The highest BCUT2D eigenvalue weighted by atomic mass is 127. The van der Waals surface area contributed by atoms with E-state index in [0.29, 0.717) is 16.9 Å². The van der Waals surface area contributed by atoms with E-state index < -0.39 is 9.84 Å². The Morgan fingerprint density at radius 1 is 0.846 bits per heavy atom. The molecule has 6 heteroatoms. The second-order valence-corrected chi connectivity index (χ2v) is 9.24. The van der Waals surface area contributed by atoms with Crippen molar-refractivity contribution in [3.05, 3.63) is 71.8 Å². The summed E-state index contributed by atoms with van der Waals surface area (Å²) in [5.74, 6) is -0.915. The molecule has 0 radical (unpaired) electrons. The molecule has 0 aliphatic carbocycles. The lowest BCUT2D eigenvalue weighted by Gasteiger charge is -2.21. The van der Waals surface area contributed by atoms with Crippen molar-refractivity contribution in [2.45, 2.75) is 14.3 Å². The maximum Gasteiger partial charge on any atom is 0.174 e. The Morgan fingerprint density at radius 2 is 1.35 bits per heavy atom. The van der Waals surface area contributed by atoms with Gasteiger partial charge in [0.05, 0.1) is 9.84 Å². The smallest absolute Gasteiger partial charge is 0.174 e. The van der Waals surface area contributed by atoms with Crippen LogP contribution in [-0.4, -0.2) is 31.0 Å². The zero-order chi connectivity index (χ0) is 19.1. The highest BCUT2D eigenvalue weighted by Gasteiger charge is 2.37. The van der Waals surface area contributed by atoms with Gasteiger partial charge in [0.2, 0.25) is 0 Å². The van der Waals surface area contributed by atoms with Crippen molar-refractivity contribution in [2.24, 2.45) is 5.92 Å². The molecule has 0 saturated heterocycles. The number of carbonyl (C=O) groups is 3. The summed E-state index contributed by atoms with van der Waals surface area (Å²) in [5.41, 5.74) is 1.08. The monoisotopic (exact) mass is 592 g/mol. The van der Waals surface area contributed by atoms with Crippen LogP contribution < -0.4 is 0 Å². The van der Waals surface area contributed by atoms with E-state index in [4.69, 9.17) is 0 Å². The Balaban J connectivity index is 2.18. The molecule has 136 valence electrons. The first-order chi connectivity index (χ1) is 12.5. The molecule has 0 bridgehead atoms. The van der Waals surface area contributed by atoms with Crippen molar-refractivity contribution in [1.82, 2.24) is 0 Å². The van der Waals surface area contributed by atoms with Crippen molar-refractivity contribution in [1.29, 1.82) is 0 Å². The van der Waals surface area contributed by atoms with E-state index in [2.05, 4.69) is 35.2 Å². The van der Waals surface area contributed by atoms with Crippen molar-refractivity contribution < 1.29 is 14.4 Å². The molecule has 0 heterocycles. The van der Waals surface area contributed by atoms with Crippen molar-refractivity contribution in [3.63, 3.8) is 0 Å². The summed E-state index contributed by atoms with van der Waals surface area (Å²) in [6.07, 6.45) is 0.0813. The van der Waals surface area contributed by atoms with Crippen LogP contribution in [0.25, 0.3) is 0 Å². The molecule has 0 spiro atoms. The van der Waals surface area contributed by atoms with Gasteiger partial charge in [-0.2, -0.15) is 12.6 Å². The second kappa shape index (κ2) is 10.6. The number of halogens is 2. The molecule has 0 aliphatic heterocycles. The highest BCUT2D eigenvalue weighted by Crippen LogP contribution is 2.26. The number of alkyl halides is 2. The average Bonchev–Trinajstić information content (AvgIpc) is 2.68. The third-order valence-electron chi connectivity index (χ3n) is 3.95. The lowest BCUT2D eigenvalue weighted by molar-refractivity contribution is -0.120. The fraction of sp³-hybridized carbons (Fsp3) is 0.250. The van der Waals surface area contributed by atoms with Gasteiger partial charge in [0.25, 0.3) is 0 Å². The van der Waals surface area contributed by atoms with Gasteiger partial charge in [0.15, 0.2) is 17.3 Å².